The standard InChI is InChI=1S/C15H21NO3/c1-11(2)4-9-15(18)16-14-7-5-13(6-8-14)10-19-12(3)17/h5-8,11H,4,9-10H2,1-3H3,(H,16,18). The van der Waals surface area contributed by atoms with Crippen LogP contribution in [0.1, 0.15) is 39.2 Å². The van der Waals surface area contributed by atoms with Gasteiger partial charge in [-0.05, 0) is 30.0 Å². The van der Waals surface area contributed by atoms with Gasteiger partial charge in [0.05, 0.1) is 0 Å². The second-order valence-electron chi connectivity index (χ2n) is 4.96. The van der Waals surface area contributed by atoms with E-state index in [1.807, 2.05) is 24.3 Å². The molecule has 0 fully saturated rings. The van der Waals surface area contributed by atoms with Crippen LogP contribution in [0.3, 0.4) is 0 Å². The van der Waals surface area contributed by atoms with Gasteiger partial charge in [-0.2, -0.15) is 0 Å². The van der Waals surface area contributed by atoms with Crippen molar-refractivity contribution in [3.63, 3.8) is 0 Å². The number of rotatable bonds is 6. The topological polar surface area (TPSA) is 55.4 Å². The summed E-state index contributed by atoms with van der Waals surface area (Å²) < 4.78 is 4.89. The molecule has 104 valence electrons. The number of esters is 1. The van der Waals surface area contributed by atoms with Crippen LogP contribution in [0.2, 0.25) is 0 Å². The molecule has 0 radical (unpaired) electrons. The van der Waals surface area contributed by atoms with Gasteiger partial charge in [0.2, 0.25) is 5.91 Å². The number of benzene rings is 1. The molecule has 0 unspecified atom stereocenters. The summed E-state index contributed by atoms with van der Waals surface area (Å²) in [5.41, 5.74) is 1.66. The van der Waals surface area contributed by atoms with Crippen LogP contribution in [-0.2, 0) is 20.9 Å². The Morgan fingerprint density at radius 2 is 1.84 bits per heavy atom. The molecule has 4 nitrogen and oxygen atoms in total. The third kappa shape index (κ3) is 6.60. The van der Waals surface area contributed by atoms with Crippen molar-refractivity contribution in [1.82, 2.24) is 0 Å². The molecule has 1 N–H and O–H groups in total. The quantitative estimate of drug-likeness (QED) is 0.802. The zero-order chi connectivity index (χ0) is 14.3. The minimum atomic E-state index is -0.300. The molecule has 0 aliphatic heterocycles. The van der Waals surface area contributed by atoms with Gasteiger partial charge >= 0.3 is 5.97 Å². The molecule has 1 amide bonds. The van der Waals surface area contributed by atoms with Gasteiger partial charge in [0.15, 0.2) is 0 Å². The van der Waals surface area contributed by atoms with Crippen LogP contribution < -0.4 is 5.32 Å². The highest BCUT2D eigenvalue weighted by atomic mass is 16.5. The normalized spacial score (nSPS) is 10.3. The van der Waals surface area contributed by atoms with Crippen LogP contribution in [0.15, 0.2) is 24.3 Å². The van der Waals surface area contributed by atoms with Gasteiger partial charge in [0.25, 0.3) is 0 Å². The molecule has 19 heavy (non-hydrogen) atoms. The number of ether oxygens (including phenoxy) is 1. The Labute approximate surface area is 114 Å². The lowest BCUT2D eigenvalue weighted by Crippen LogP contribution is -2.12. The van der Waals surface area contributed by atoms with E-state index in [0.29, 0.717) is 12.3 Å². The number of hydrogen-bond donors (Lipinski definition) is 1. The molecular weight excluding hydrogens is 242 g/mol. The fraction of sp³-hybridized carbons (Fsp3) is 0.467. The maximum atomic E-state index is 11.6. The van der Waals surface area contributed by atoms with E-state index in [0.717, 1.165) is 17.7 Å². The van der Waals surface area contributed by atoms with E-state index in [-0.39, 0.29) is 18.5 Å². The van der Waals surface area contributed by atoms with Crippen LogP contribution in [-0.4, -0.2) is 11.9 Å². The van der Waals surface area contributed by atoms with Crippen LogP contribution in [0.5, 0.6) is 0 Å². The highest BCUT2D eigenvalue weighted by molar-refractivity contribution is 5.90. The Morgan fingerprint density at radius 3 is 2.37 bits per heavy atom. The average molecular weight is 263 g/mol. The Balaban J connectivity index is 2.43. The average Bonchev–Trinajstić information content (AvgIpc) is 2.35. The number of nitrogens with one attached hydrogen (secondary N) is 1. The third-order valence-electron chi connectivity index (χ3n) is 2.63. The zero-order valence-corrected chi connectivity index (χ0v) is 11.7. The Kier molecular flexibility index (Phi) is 6.06. The van der Waals surface area contributed by atoms with E-state index in [1.165, 1.54) is 6.92 Å². The van der Waals surface area contributed by atoms with E-state index >= 15 is 0 Å². The van der Waals surface area contributed by atoms with Crippen molar-refractivity contribution < 1.29 is 14.3 Å². The maximum Gasteiger partial charge on any atom is 0.302 e. The van der Waals surface area contributed by atoms with Crippen molar-refractivity contribution in [3.05, 3.63) is 29.8 Å². The fourth-order valence-electron chi connectivity index (χ4n) is 1.51. The zero-order valence-electron chi connectivity index (χ0n) is 11.7. The van der Waals surface area contributed by atoms with Gasteiger partial charge in [-0.15, -0.1) is 0 Å². The molecule has 0 saturated carbocycles. The van der Waals surface area contributed by atoms with Crippen LogP contribution in [0.25, 0.3) is 0 Å². The van der Waals surface area contributed by atoms with Crippen molar-refractivity contribution in [1.29, 1.82) is 0 Å². The van der Waals surface area contributed by atoms with E-state index in [4.69, 9.17) is 4.74 Å². The summed E-state index contributed by atoms with van der Waals surface area (Å²) in [4.78, 5) is 22.3. The van der Waals surface area contributed by atoms with Gasteiger partial charge in [-0.3, -0.25) is 9.59 Å². The number of hydrogen-bond acceptors (Lipinski definition) is 3. The first-order chi connectivity index (χ1) is 8.97. The van der Waals surface area contributed by atoms with E-state index in [1.54, 1.807) is 0 Å². The molecule has 0 saturated heterocycles. The Hall–Kier alpha value is -1.84. The predicted octanol–water partition coefficient (Wildman–Crippen LogP) is 3.12. The molecule has 0 aromatic heterocycles. The minimum absolute atomic E-state index is 0.0291. The second-order valence-corrected chi connectivity index (χ2v) is 4.96. The molecule has 0 spiro atoms. The van der Waals surface area contributed by atoms with E-state index in [9.17, 15) is 9.59 Å². The number of carbonyl (C=O) groups excluding carboxylic acids is 2. The van der Waals surface area contributed by atoms with Crippen molar-refractivity contribution in [3.8, 4) is 0 Å². The fourth-order valence-corrected chi connectivity index (χ4v) is 1.51. The number of anilines is 1. The highest BCUT2D eigenvalue weighted by Crippen LogP contribution is 2.12. The lowest BCUT2D eigenvalue weighted by Gasteiger charge is -2.08. The Bertz CT molecular complexity index is 424. The smallest absolute Gasteiger partial charge is 0.302 e. The highest BCUT2D eigenvalue weighted by Gasteiger charge is 2.04. The molecule has 0 bridgehead atoms. The van der Waals surface area contributed by atoms with Crippen LogP contribution >= 0.6 is 0 Å². The number of carbonyl (C=O) groups is 2. The lowest BCUT2D eigenvalue weighted by atomic mass is 10.1. The molecule has 0 atom stereocenters. The predicted molar refractivity (Wildman–Crippen MR) is 74.6 cm³/mol. The van der Waals surface area contributed by atoms with Crippen LogP contribution in [0.4, 0.5) is 5.69 Å². The Morgan fingerprint density at radius 1 is 1.21 bits per heavy atom. The minimum Gasteiger partial charge on any atom is -0.461 e. The molecule has 0 aliphatic rings. The third-order valence-corrected chi connectivity index (χ3v) is 2.63. The lowest BCUT2D eigenvalue weighted by molar-refractivity contribution is -0.142. The number of amides is 1. The van der Waals surface area contributed by atoms with Crippen molar-refractivity contribution >= 4 is 17.6 Å². The van der Waals surface area contributed by atoms with Crippen molar-refractivity contribution in [2.24, 2.45) is 5.92 Å². The SMILES string of the molecule is CC(=O)OCc1ccc(NC(=O)CCC(C)C)cc1. The van der Waals surface area contributed by atoms with Gasteiger partial charge in [-0.25, -0.2) is 0 Å². The molecule has 1 rings (SSSR count). The molecule has 0 aliphatic carbocycles. The summed E-state index contributed by atoms with van der Waals surface area (Å²) in [7, 11) is 0. The summed E-state index contributed by atoms with van der Waals surface area (Å²) in [5, 5.41) is 2.84. The van der Waals surface area contributed by atoms with Gasteiger partial charge in [0, 0.05) is 19.0 Å². The first kappa shape index (κ1) is 15.2. The maximum absolute atomic E-state index is 11.6. The van der Waals surface area contributed by atoms with E-state index < -0.39 is 0 Å². The summed E-state index contributed by atoms with van der Waals surface area (Å²) in [5.74, 6) is 0.254. The van der Waals surface area contributed by atoms with Gasteiger partial charge < -0.3 is 10.1 Å². The summed E-state index contributed by atoms with van der Waals surface area (Å²) in [6.07, 6.45) is 1.42. The molecule has 1 aromatic carbocycles. The van der Waals surface area contributed by atoms with Crippen LogP contribution in [0, 0.1) is 5.92 Å². The van der Waals surface area contributed by atoms with Crippen molar-refractivity contribution in [2.45, 2.75) is 40.2 Å². The summed E-state index contributed by atoms with van der Waals surface area (Å²) in [6.45, 7) is 5.83. The molecule has 1 aromatic rings. The molecular formula is C15H21NO3. The first-order valence-corrected chi connectivity index (χ1v) is 6.49. The van der Waals surface area contributed by atoms with Gasteiger partial charge in [0.1, 0.15) is 6.61 Å². The largest absolute Gasteiger partial charge is 0.461 e. The second kappa shape index (κ2) is 7.56. The summed E-state index contributed by atoms with van der Waals surface area (Å²) >= 11 is 0. The summed E-state index contributed by atoms with van der Waals surface area (Å²) in [6, 6.07) is 7.29. The molecule has 0 heterocycles. The first-order valence-electron chi connectivity index (χ1n) is 6.49. The van der Waals surface area contributed by atoms with E-state index in [2.05, 4.69) is 19.2 Å². The monoisotopic (exact) mass is 263 g/mol. The molecule has 4 heteroatoms. The van der Waals surface area contributed by atoms with Crippen molar-refractivity contribution in [2.75, 3.05) is 5.32 Å². The van der Waals surface area contributed by atoms with Gasteiger partial charge in [-0.1, -0.05) is 26.0 Å².